The smallest absolute Gasteiger partial charge is 0.148 e. The van der Waals surface area contributed by atoms with E-state index in [0.717, 1.165) is 29.9 Å². The lowest BCUT2D eigenvalue weighted by atomic mass is 10.1. The summed E-state index contributed by atoms with van der Waals surface area (Å²) in [5.74, 6) is 0.981. The van der Waals surface area contributed by atoms with Crippen LogP contribution in [0.5, 0.6) is 0 Å². The first-order chi connectivity index (χ1) is 8.74. The summed E-state index contributed by atoms with van der Waals surface area (Å²) >= 11 is 0. The summed E-state index contributed by atoms with van der Waals surface area (Å²) in [6, 6.07) is 8.96. The van der Waals surface area contributed by atoms with Crippen LogP contribution in [0.2, 0.25) is 0 Å². The zero-order valence-electron chi connectivity index (χ0n) is 10.8. The Morgan fingerprint density at radius 3 is 2.83 bits per heavy atom. The Kier molecular flexibility index (Phi) is 2.88. The minimum absolute atomic E-state index is 0.455. The van der Waals surface area contributed by atoms with Crippen LogP contribution in [-0.2, 0) is 0 Å². The Morgan fingerprint density at radius 2 is 2.00 bits per heavy atom. The maximum absolute atomic E-state index is 4.72. The lowest BCUT2D eigenvalue weighted by Crippen LogP contribution is -2.54. The fraction of sp³-hybridized carbons (Fsp3) is 0.429. The van der Waals surface area contributed by atoms with Crippen molar-refractivity contribution in [2.24, 2.45) is 0 Å². The van der Waals surface area contributed by atoms with Crippen LogP contribution in [0.25, 0.3) is 11.0 Å². The number of rotatable bonds is 1. The molecule has 94 valence electrons. The molecule has 1 aromatic heterocycles. The second kappa shape index (κ2) is 4.53. The number of piperazine rings is 1. The maximum Gasteiger partial charge on any atom is 0.148 e. The first-order valence-electron chi connectivity index (χ1n) is 6.46. The van der Waals surface area contributed by atoms with E-state index in [9.17, 15) is 0 Å². The van der Waals surface area contributed by atoms with Gasteiger partial charge in [-0.15, -0.1) is 0 Å². The number of para-hydroxylation sites is 2. The molecule has 2 heterocycles. The summed E-state index contributed by atoms with van der Waals surface area (Å²) in [6.45, 7) is 6.40. The molecule has 0 amide bonds. The number of hydrogen-bond acceptors (Lipinski definition) is 4. The third kappa shape index (κ3) is 2.04. The third-order valence-electron chi connectivity index (χ3n) is 3.49. The van der Waals surface area contributed by atoms with E-state index in [0.29, 0.717) is 12.1 Å². The number of aromatic nitrogens is 2. The first kappa shape index (κ1) is 11.4. The fourth-order valence-corrected chi connectivity index (χ4v) is 2.43. The second-order valence-corrected chi connectivity index (χ2v) is 5.03. The Morgan fingerprint density at radius 1 is 1.22 bits per heavy atom. The zero-order valence-corrected chi connectivity index (χ0v) is 10.8. The van der Waals surface area contributed by atoms with Crippen LogP contribution in [0.3, 0.4) is 0 Å². The normalized spacial score (nSPS) is 24.4. The molecule has 4 nitrogen and oxygen atoms in total. The van der Waals surface area contributed by atoms with Crippen molar-refractivity contribution in [2.45, 2.75) is 25.9 Å². The van der Waals surface area contributed by atoms with Crippen molar-refractivity contribution < 1.29 is 0 Å². The molecule has 0 unspecified atom stereocenters. The number of benzene rings is 1. The molecule has 1 aliphatic rings. The molecule has 0 aliphatic carbocycles. The molecular weight excluding hydrogens is 224 g/mol. The van der Waals surface area contributed by atoms with Gasteiger partial charge in [0.05, 0.1) is 17.2 Å². The van der Waals surface area contributed by atoms with Crippen molar-refractivity contribution in [3.8, 4) is 0 Å². The first-order valence-corrected chi connectivity index (χ1v) is 6.46. The van der Waals surface area contributed by atoms with E-state index in [1.54, 1.807) is 0 Å². The van der Waals surface area contributed by atoms with E-state index in [1.165, 1.54) is 0 Å². The van der Waals surface area contributed by atoms with Gasteiger partial charge in [0.2, 0.25) is 0 Å². The van der Waals surface area contributed by atoms with E-state index >= 15 is 0 Å². The van der Waals surface area contributed by atoms with Crippen LogP contribution < -0.4 is 10.2 Å². The SMILES string of the molecule is C[C@@H]1CN(c2cnc3ccccc3n2)[C@@H](C)CN1. The van der Waals surface area contributed by atoms with Crippen molar-refractivity contribution in [1.82, 2.24) is 15.3 Å². The second-order valence-electron chi connectivity index (χ2n) is 5.03. The molecule has 2 aromatic rings. The van der Waals surface area contributed by atoms with E-state index in [2.05, 4.69) is 29.0 Å². The van der Waals surface area contributed by atoms with Gasteiger partial charge in [-0.1, -0.05) is 12.1 Å². The van der Waals surface area contributed by atoms with Crippen LogP contribution in [0, 0.1) is 0 Å². The Labute approximate surface area is 107 Å². The summed E-state index contributed by atoms with van der Waals surface area (Å²) < 4.78 is 0. The van der Waals surface area contributed by atoms with Gasteiger partial charge in [-0.05, 0) is 26.0 Å². The standard InChI is InChI=1S/C14H18N4/c1-10-9-18(11(2)7-15-10)14-8-16-12-5-3-4-6-13(12)17-14/h3-6,8,10-11,15H,7,9H2,1-2H3/t10-,11+/m1/s1. The summed E-state index contributed by atoms with van der Waals surface area (Å²) in [4.78, 5) is 11.5. The van der Waals surface area contributed by atoms with Crippen LogP contribution in [0.1, 0.15) is 13.8 Å². The van der Waals surface area contributed by atoms with Crippen LogP contribution in [-0.4, -0.2) is 35.1 Å². The van der Waals surface area contributed by atoms with Gasteiger partial charge in [0.15, 0.2) is 0 Å². The largest absolute Gasteiger partial charge is 0.350 e. The average Bonchev–Trinajstić information content (AvgIpc) is 2.41. The quantitative estimate of drug-likeness (QED) is 0.828. The highest BCUT2D eigenvalue weighted by Crippen LogP contribution is 2.19. The minimum atomic E-state index is 0.455. The Bertz CT molecular complexity index is 554. The topological polar surface area (TPSA) is 41.1 Å². The number of nitrogens with one attached hydrogen (secondary N) is 1. The van der Waals surface area contributed by atoms with E-state index in [-0.39, 0.29) is 0 Å². The highest BCUT2D eigenvalue weighted by Gasteiger charge is 2.23. The van der Waals surface area contributed by atoms with Gasteiger partial charge in [0.25, 0.3) is 0 Å². The van der Waals surface area contributed by atoms with Crippen molar-refractivity contribution in [2.75, 3.05) is 18.0 Å². The number of hydrogen-bond donors (Lipinski definition) is 1. The van der Waals surface area contributed by atoms with E-state index in [4.69, 9.17) is 4.98 Å². The van der Waals surface area contributed by atoms with Crippen LogP contribution >= 0.6 is 0 Å². The number of fused-ring (bicyclic) bond motifs is 1. The summed E-state index contributed by atoms with van der Waals surface area (Å²) in [5, 5.41) is 3.48. The molecule has 1 N–H and O–H groups in total. The lowest BCUT2D eigenvalue weighted by molar-refractivity contribution is 0.422. The van der Waals surface area contributed by atoms with Gasteiger partial charge in [-0.2, -0.15) is 0 Å². The highest BCUT2D eigenvalue weighted by molar-refractivity contribution is 5.75. The molecule has 0 saturated carbocycles. The molecule has 1 aromatic carbocycles. The van der Waals surface area contributed by atoms with Crippen LogP contribution in [0.4, 0.5) is 5.82 Å². The molecule has 1 fully saturated rings. The average molecular weight is 242 g/mol. The predicted octanol–water partition coefficient (Wildman–Crippen LogP) is 1.82. The van der Waals surface area contributed by atoms with Gasteiger partial charge in [-0.3, -0.25) is 4.98 Å². The molecular formula is C14H18N4. The number of nitrogens with zero attached hydrogens (tertiary/aromatic N) is 3. The van der Waals surface area contributed by atoms with Crippen LogP contribution in [0.15, 0.2) is 30.5 Å². The molecule has 1 saturated heterocycles. The molecule has 2 atom stereocenters. The molecule has 4 heteroatoms. The monoisotopic (exact) mass is 242 g/mol. The minimum Gasteiger partial charge on any atom is -0.350 e. The van der Waals surface area contributed by atoms with Crippen molar-refractivity contribution in [1.29, 1.82) is 0 Å². The Hall–Kier alpha value is -1.68. The molecule has 1 aliphatic heterocycles. The van der Waals surface area contributed by atoms with E-state index in [1.807, 2.05) is 30.5 Å². The molecule has 0 radical (unpaired) electrons. The summed E-state index contributed by atoms with van der Waals surface area (Å²) in [5.41, 5.74) is 1.92. The van der Waals surface area contributed by atoms with Crippen molar-refractivity contribution in [3.05, 3.63) is 30.5 Å². The van der Waals surface area contributed by atoms with Gasteiger partial charge < -0.3 is 10.2 Å². The summed E-state index contributed by atoms with van der Waals surface area (Å²) in [6.07, 6.45) is 1.89. The van der Waals surface area contributed by atoms with Gasteiger partial charge in [0, 0.05) is 25.2 Å². The molecule has 18 heavy (non-hydrogen) atoms. The summed E-state index contributed by atoms with van der Waals surface area (Å²) in [7, 11) is 0. The zero-order chi connectivity index (χ0) is 12.5. The van der Waals surface area contributed by atoms with Crippen molar-refractivity contribution >= 4 is 16.9 Å². The number of anilines is 1. The highest BCUT2D eigenvalue weighted by atomic mass is 15.3. The van der Waals surface area contributed by atoms with Gasteiger partial charge in [0.1, 0.15) is 5.82 Å². The van der Waals surface area contributed by atoms with Crippen molar-refractivity contribution in [3.63, 3.8) is 0 Å². The predicted molar refractivity (Wildman–Crippen MR) is 73.8 cm³/mol. The third-order valence-corrected chi connectivity index (χ3v) is 3.49. The fourth-order valence-electron chi connectivity index (χ4n) is 2.43. The van der Waals surface area contributed by atoms with Gasteiger partial charge in [-0.25, -0.2) is 4.98 Å². The Balaban J connectivity index is 1.97. The molecule has 0 spiro atoms. The maximum atomic E-state index is 4.72. The van der Waals surface area contributed by atoms with E-state index < -0.39 is 0 Å². The lowest BCUT2D eigenvalue weighted by Gasteiger charge is -2.38. The van der Waals surface area contributed by atoms with Gasteiger partial charge >= 0.3 is 0 Å². The molecule has 0 bridgehead atoms. The molecule has 3 rings (SSSR count).